The summed E-state index contributed by atoms with van der Waals surface area (Å²) in [7, 11) is 0. The molecule has 0 unspecified atom stereocenters. The molecule has 3 aromatic rings. The molecule has 2 N–H and O–H groups in total. The molecule has 0 saturated heterocycles. The zero-order valence-corrected chi connectivity index (χ0v) is 17.1. The molecule has 33 heavy (non-hydrogen) atoms. The van der Waals surface area contributed by atoms with Gasteiger partial charge in [0.15, 0.2) is 6.61 Å². The van der Waals surface area contributed by atoms with Crippen LogP contribution in [0, 0.1) is 20.2 Å². The van der Waals surface area contributed by atoms with Crippen molar-refractivity contribution < 1.29 is 24.2 Å². The highest BCUT2D eigenvalue weighted by Gasteiger charge is 2.20. The summed E-state index contributed by atoms with van der Waals surface area (Å²) in [6, 6.07) is 18.4. The molecule has 0 saturated carbocycles. The third-order valence-electron chi connectivity index (χ3n) is 4.47. The molecule has 0 radical (unpaired) electrons. The number of nitro benzene ring substituents is 2. The number of rotatable bonds is 9. The Kier molecular flexibility index (Phi) is 7.27. The molecule has 0 spiro atoms. The van der Waals surface area contributed by atoms with Crippen molar-refractivity contribution in [3.63, 3.8) is 0 Å². The van der Waals surface area contributed by atoms with Gasteiger partial charge in [0.2, 0.25) is 0 Å². The first-order chi connectivity index (χ1) is 15.8. The van der Waals surface area contributed by atoms with Crippen LogP contribution in [0.1, 0.15) is 15.9 Å². The minimum Gasteiger partial charge on any atom is -0.452 e. The summed E-state index contributed by atoms with van der Waals surface area (Å²) in [5.74, 6) is -1.77. The summed E-state index contributed by atoms with van der Waals surface area (Å²) in [5.41, 5.74) is 0.384. The van der Waals surface area contributed by atoms with Crippen LogP contribution in [0.2, 0.25) is 0 Å². The molecule has 0 heterocycles. The van der Waals surface area contributed by atoms with Gasteiger partial charge in [0.25, 0.3) is 17.3 Å². The highest BCUT2D eigenvalue weighted by atomic mass is 16.6. The Morgan fingerprint density at radius 3 is 2.24 bits per heavy atom. The molecule has 0 atom stereocenters. The number of carbonyl (C=O) groups is 2. The highest BCUT2D eigenvalue weighted by molar-refractivity contribution is 5.99. The number of ether oxygens (including phenoxy) is 1. The Balaban J connectivity index is 1.71. The molecule has 0 aliphatic carbocycles. The van der Waals surface area contributed by atoms with Gasteiger partial charge in [0, 0.05) is 30.4 Å². The van der Waals surface area contributed by atoms with E-state index in [1.54, 1.807) is 0 Å². The monoisotopic (exact) mass is 450 g/mol. The van der Waals surface area contributed by atoms with E-state index in [-0.39, 0.29) is 28.3 Å². The lowest BCUT2D eigenvalue weighted by atomic mass is 10.1. The molecule has 0 bridgehead atoms. The van der Waals surface area contributed by atoms with E-state index in [2.05, 4.69) is 10.6 Å². The topological polar surface area (TPSA) is 154 Å². The Morgan fingerprint density at radius 1 is 0.848 bits per heavy atom. The fourth-order valence-electron chi connectivity index (χ4n) is 2.90. The Morgan fingerprint density at radius 2 is 1.55 bits per heavy atom. The molecule has 11 nitrogen and oxygen atoms in total. The second-order valence-corrected chi connectivity index (χ2v) is 6.72. The number of hydrogen-bond donors (Lipinski definition) is 2. The van der Waals surface area contributed by atoms with Crippen molar-refractivity contribution in [2.45, 2.75) is 6.54 Å². The molecule has 0 fully saturated rings. The number of hydrogen-bond acceptors (Lipinski definition) is 8. The molecule has 3 rings (SSSR count). The van der Waals surface area contributed by atoms with Gasteiger partial charge in [-0.15, -0.1) is 0 Å². The number of non-ortho nitro benzene ring substituents is 1. The lowest BCUT2D eigenvalue weighted by Crippen LogP contribution is -2.22. The van der Waals surface area contributed by atoms with Crippen molar-refractivity contribution in [2.75, 3.05) is 17.2 Å². The van der Waals surface area contributed by atoms with Crippen LogP contribution >= 0.6 is 0 Å². The van der Waals surface area contributed by atoms with Crippen LogP contribution in [-0.2, 0) is 16.1 Å². The number of para-hydroxylation sites is 2. The lowest BCUT2D eigenvalue weighted by Gasteiger charge is -2.12. The van der Waals surface area contributed by atoms with Crippen molar-refractivity contribution in [1.82, 2.24) is 0 Å². The summed E-state index contributed by atoms with van der Waals surface area (Å²) in [6.07, 6.45) is 0. The maximum absolute atomic E-state index is 12.6. The smallest absolute Gasteiger partial charge is 0.341 e. The van der Waals surface area contributed by atoms with Gasteiger partial charge in [-0.2, -0.15) is 0 Å². The SMILES string of the molecule is O=C(COC(=O)c1cc([N+](=O)[O-])ccc1NCc1ccccc1)Nc1ccccc1[N+](=O)[O-]. The summed E-state index contributed by atoms with van der Waals surface area (Å²) >= 11 is 0. The number of benzene rings is 3. The van der Waals surface area contributed by atoms with E-state index in [0.717, 1.165) is 11.6 Å². The third-order valence-corrected chi connectivity index (χ3v) is 4.47. The predicted molar refractivity (Wildman–Crippen MR) is 119 cm³/mol. The van der Waals surface area contributed by atoms with Gasteiger partial charge >= 0.3 is 5.97 Å². The standard InChI is InChI=1S/C22H18N4O7/c27-21(24-19-8-4-5-9-20(19)26(31)32)14-33-22(28)17-12-16(25(29)30)10-11-18(17)23-13-15-6-2-1-3-7-15/h1-12,23H,13-14H2,(H,24,27). The van der Waals surface area contributed by atoms with E-state index in [0.29, 0.717) is 6.54 Å². The molecule has 3 aromatic carbocycles. The number of nitrogens with zero attached hydrogens (tertiary/aromatic N) is 2. The van der Waals surface area contributed by atoms with E-state index >= 15 is 0 Å². The van der Waals surface area contributed by atoms with Crippen LogP contribution < -0.4 is 10.6 Å². The largest absolute Gasteiger partial charge is 0.452 e. The van der Waals surface area contributed by atoms with Crippen molar-refractivity contribution in [3.05, 3.63) is 104 Å². The van der Waals surface area contributed by atoms with Crippen LogP contribution in [-0.4, -0.2) is 28.3 Å². The van der Waals surface area contributed by atoms with Gasteiger partial charge in [0.05, 0.1) is 15.4 Å². The first-order valence-electron chi connectivity index (χ1n) is 9.62. The quantitative estimate of drug-likeness (QED) is 0.282. The Hall–Kier alpha value is -4.80. The van der Waals surface area contributed by atoms with E-state index in [4.69, 9.17) is 4.74 Å². The van der Waals surface area contributed by atoms with Crippen LogP contribution in [0.25, 0.3) is 0 Å². The van der Waals surface area contributed by atoms with Crippen LogP contribution in [0.3, 0.4) is 0 Å². The second-order valence-electron chi connectivity index (χ2n) is 6.72. The van der Waals surface area contributed by atoms with Crippen LogP contribution in [0.5, 0.6) is 0 Å². The number of amides is 1. The second kappa shape index (κ2) is 10.5. The molecule has 0 aliphatic rings. The maximum Gasteiger partial charge on any atom is 0.341 e. The van der Waals surface area contributed by atoms with E-state index < -0.39 is 28.3 Å². The Labute approximate surface area is 187 Å². The van der Waals surface area contributed by atoms with Gasteiger partial charge in [0.1, 0.15) is 5.69 Å². The molecule has 0 aliphatic heterocycles. The summed E-state index contributed by atoms with van der Waals surface area (Å²) < 4.78 is 5.01. The normalized spacial score (nSPS) is 10.2. The van der Waals surface area contributed by atoms with Crippen molar-refractivity contribution >= 4 is 34.6 Å². The predicted octanol–water partition coefficient (Wildman–Crippen LogP) is 3.91. The number of nitro groups is 2. The molecular weight excluding hydrogens is 432 g/mol. The molecule has 168 valence electrons. The van der Waals surface area contributed by atoms with E-state index in [1.807, 2.05) is 30.3 Å². The number of carbonyl (C=O) groups excluding carboxylic acids is 2. The lowest BCUT2D eigenvalue weighted by molar-refractivity contribution is -0.384. The maximum atomic E-state index is 12.6. The minimum absolute atomic E-state index is 0.0517. The van der Waals surface area contributed by atoms with Gasteiger partial charge in [-0.3, -0.25) is 25.0 Å². The van der Waals surface area contributed by atoms with Gasteiger partial charge < -0.3 is 15.4 Å². The number of esters is 1. The van der Waals surface area contributed by atoms with Gasteiger partial charge in [-0.05, 0) is 17.7 Å². The van der Waals surface area contributed by atoms with Gasteiger partial charge in [-0.25, -0.2) is 4.79 Å². The van der Waals surface area contributed by atoms with Gasteiger partial charge in [-0.1, -0.05) is 42.5 Å². The summed E-state index contributed by atoms with van der Waals surface area (Å²) in [6.45, 7) is -0.400. The first kappa shape index (κ1) is 22.9. The van der Waals surface area contributed by atoms with Crippen LogP contribution in [0.4, 0.5) is 22.7 Å². The van der Waals surface area contributed by atoms with E-state index in [1.165, 1.54) is 36.4 Å². The van der Waals surface area contributed by atoms with Crippen molar-refractivity contribution in [2.24, 2.45) is 0 Å². The van der Waals surface area contributed by atoms with Crippen LogP contribution in [0.15, 0.2) is 72.8 Å². The zero-order valence-electron chi connectivity index (χ0n) is 17.1. The third kappa shape index (κ3) is 6.10. The molecule has 0 aromatic heterocycles. The highest BCUT2D eigenvalue weighted by Crippen LogP contribution is 2.25. The van der Waals surface area contributed by atoms with Crippen molar-refractivity contribution in [3.8, 4) is 0 Å². The zero-order chi connectivity index (χ0) is 23.8. The molecule has 11 heteroatoms. The number of anilines is 2. The minimum atomic E-state index is -0.966. The number of nitrogens with one attached hydrogen (secondary N) is 2. The summed E-state index contributed by atoms with van der Waals surface area (Å²) in [4.78, 5) is 45.6. The van der Waals surface area contributed by atoms with E-state index in [9.17, 15) is 29.8 Å². The fraction of sp³-hybridized carbons (Fsp3) is 0.0909. The van der Waals surface area contributed by atoms with Crippen molar-refractivity contribution in [1.29, 1.82) is 0 Å². The first-order valence-corrected chi connectivity index (χ1v) is 9.62. The average Bonchev–Trinajstić information content (AvgIpc) is 2.82. The molecular formula is C22H18N4O7. The fourth-order valence-corrected chi connectivity index (χ4v) is 2.90. The average molecular weight is 450 g/mol. The molecule has 1 amide bonds. The Bertz CT molecular complexity index is 1200. The summed E-state index contributed by atoms with van der Waals surface area (Å²) in [5, 5.41) is 27.5.